The van der Waals surface area contributed by atoms with Crippen molar-refractivity contribution in [2.24, 2.45) is 0 Å². The van der Waals surface area contributed by atoms with Crippen molar-refractivity contribution in [2.45, 2.75) is 33.8 Å². The number of nitrogens with one attached hydrogen (secondary N) is 1. The smallest absolute Gasteiger partial charge is 0.108 e. The predicted molar refractivity (Wildman–Crippen MR) is 68.0 cm³/mol. The zero-order valence-electron chi connectivity index (χ0n) is 10.7. The molecule has 1 heterocycles. The molecule has 1 aromatic heterocycles. The van der Waals surface area contributed by atoms with E-state index in [-0.39, 0.29) is 0 Å². The summed E-state index contributed by atoms with van der Waals surface area (Å²) in [6.45, 7) is 8.27. The van der Waals surface area contributed by atoms with E-state index in [1.165, 1.54) is 11.1 Å². The van der Waals surface area contributed by atoms with Crippen LogP contribution in [0, 0.1) is 27.7 Å². The van der Waals surface area contributed by atoms with Crippen molar-refractivity contribution in [3.63, 3.8) is 0 Å². The minimum atomic E-state index is -0.604. The summed E-state index contributed by atoms with van der Waals surface area (Å²) in [5.41, 5.74) is 6.55. The summed E-state index contributed by atoms with van der Waals surface area (Å²) in [7, 11) is 0. The molecule has 0 spiro atoms. The third kappa shape index (κ3) is 1.98. The van der Waals surface area contributed by atoms with E-state index in [9.17, 15) is 5.11 Å². The van der Waals surface area contributed by atoms with Gasteiger partial charge in [0.2, 0.25) is 0 Å². The summed E-state index contributed by atoms with van der Waals surface area (Å²) < 4.78 is 0. The van der Waals surface area contributed by atoms with Crippen LogP contribution in [0.3, 0.4) is 0 Å². The number of hydrogen-bond donors (Lipinski definition) is 2. The molecule has 0 aliphatic carbocycles. The van der Waals surface area contributed by atoms with Crippen LogP contribution in [0.2, 0.25) is 0 Å². The molecule has 17 heavy (non-hydrogen) atoms. The Labute approximate surface area is 102 Å². The second-order valence-corrected chi connectivity index (χ2v) is 4.61. The first kappa shape index (κ1) is 11.9. The molecule has 1 atom stereocenters. The van der Waals surface area contributed by atoms with Gasteiger partial charge in [-0.15, -0.1) is 0 Å². The first-order valence-corrected chi connectivity index (χ1v) is 5.76. The summed E-state index contributed by atoms with van der Waals surface area (Å²) >= 11 is 0. The van der Waals surface area contributed by atoms with Gasteiger partial charge in [0.15, 0.2) is 0 Å². The largest absolute Gasteiger partial charge is 0.384 e. The fourth-order valence-electron chi connectivity index (χ4n) is 2.23. The Hall–Kier alpha value is -1.61. The van der Waals surface area contributed by atoms with Gasteiger partial charge in [0.25, 0.3) is 0 Å². The normalized spacial score (nSPS) is 12.8. The molecule has 0 saturated heterocycles. The van der Waals surface area contributed by atoms with Crippen molar-refractivity contribution in [1.82, 2.24) is 10.2 Å². The minimum Gasteiger partial charge on any atom is -0.384 e. The topological polar surface area (TPSA) is 48.9 Å². The number of nitrogens with zero attached hydrogens (tertiary/aromatic N) is 1. The molecule has 0 fully saturated rings. The number of aliphatic hydroxyl groups excluding tert-OH is 1. The number of aliphatic hydroxyl groups is 1. The Balaban J connectivity index is 2.59. The van der Waals surface area contributed by atoms with Crippen LogP contribution in [0.4, 0.5) is 0 Å². The van der Waals surface area contributed by atoms with E-state index >= 15 is 0 Å². The molecule has 1 aromatic carbocycles. The molecular formula is C14H18N2O. The van der Waals surface area contributed by atoms with E-state index in [1.54, 1.807) is 12.4 Å². The van der Waals surface area contributed by atoms with E-state index in [0.717, 1.165) is 22.3 Å². The highest BCUT2D eigenvalue weighted by molar-refractivity contribution is 5.47. The average molecular weight is 230 g/mol. The molecule has 2 aromatic rings. The van der Waals surface area contributed by atoms with Gasteiger partial charge in [-0.05, 0) is 55.5 Å². The number of hydrogen-bond acceptors (Lipinski definition) is 2. The van der Waals surface area contributed by atoms with Crippen molar-refractivity contribution in [3.05, 3.63) is 51.8 Å². The first-order valence-electron chi connectivity index (χ1n) is 5.76. The quantitative estimate of drug-likeness (QED) is 0.833. The van der Waals surface area contributed by atoms with E-state index < -0.39 is 6.10 Å². The molecule has 0 aliphatic heterocycles. The third-order valence-electron chi connectivity index (χ3n) is 3.53. The second-order valence-electron chi connectivity index (χ2n) is 4.61. The summed E-state index contributed by atoms with van der Waals surface area (Å²) in [6.07, 6.45) is 2.80. The van der Waals surface area contributed by atoms with E-state index in [2.05, 4.69) is 44.0 Å². The van der Waals surface area contributed by atoms with Crippen LogP contribution in [0.1, 0.15) is 39.5 Å². The maximum absolute atomic E-state index is 10.4. The number of aromatic amines is 1. The van der Waals surface area contributed by atoms with Crippen LogP contribution in [0.5, 0.6) is 0 Å². The van der Waals surface area contributed by atoms with Crippen LogP contribution < -0.4 is 0 Å². The molecule has 2 N–H and O–H groups in total. The van der Waals surface area contributed by atoms with Gasteiger partial charge in [-0.25, -0.2) is 0 Å². The Morgan fingerprint density at radius 2 is 1.71 bits per heavy atom. The Kier molecular flexibility index (Phi) is 3.03. The minimum absolute atomic E-state index is 0.604. The van der Waals surface area contributed by atoms with Crippen LogP contribution in [0.25, 0.3) is 0 Å². The van der Waals surface area contributed by atoms with Gasteiger partial charge in [-0.3, -0.25) is 5.10 Å². The molecule has 0 amide bonds. The summed E-state index contributed by atoms with van der Waals surface area (Å²) in [5.74, 6) is 0. The van der Waals surface area contributed by atoms with Gasteiger partial charge in [-0.1, -0.05) is 6.07 Å². The Morgan fingerprint density at radius 3 is 2.18 bits per heavy atom. The van der Waals surface area contributed by atoms with E-state index in [0.29, 0.717) is 0 Å². The number of aryl methyl sites for hydroxylation is 2. The average Bonchev–Trinajstić information content (AvgIpc) is 2.80. The summed E-state index contributed by atoms with van der Waals surface area (Å²) in [4.78, 5) is 0. The number of benzene rings is 1. The van der Waals surface area contributed by atoms with Crippen molar-refractivity contribution >= 4 is 0 Å². The van der Waals surface area contributed by atoms with Crippen LogP contribution in [-0.2, 0) is 0 Å². The fraction of sp³-hybridized carbons (Fsp3) is 0.357. The monoisotopic (exact) mass is 230 g/mol. The van der Waals surface area contributed by atoms with Gasteiger partial charge in [-0.2, -0.15) is 5.10 Å². The highest BCUT2D eigenvalue weighted by Gasteiger charge is 2.18. The van der Waals surface area contributed by atoms with Gasteiger partial charge in [0.1, 0.15) is 6.10 Å². The summed E-state index contributed by atoms with van der Waals surface area (Å²) in [6, 6.07) is 2.16. The lowest BCUT2D eigenvalue weighted by Gasteiger charge is -2.19. The third-order valence-corrected chi connectivity index (χ3v) is 3.53. The molecule has 0 saturated carbocycles. The van der Waals surface area contributed by atoms with Crippen molar-refractivity contribution in [2.75, 3.05) is 0 Å². The molecule has 90 valence electrons. The van der Waals surface area contributed by atoms with E-state index in [1.807, 2.05) is 0 Å². The molecular weight excluding hydrogens is 212 g/mol. The van der Waals surface area contributed by atoms with Gasteiger partial charge < -0.3 is 5.11 Å². The molecule has 0 bridgehead atoms. The standard InChI is InChI=1S/C14H18N2O/c1-8-5-9(2)11(4)13(10(8)3)14(17)12-6-15-16-7-12/h5-7,14,17H,1-4H3,(H,15,16). The molecule has 0 radical (unpaired) electrons. The lowest BCUT2D eigenvalue weighted by Crippen LogP contribution is -2.06. The lowest BCUT2D eigenvalue weighted by molar-refractivity contribution is 0.218. The van der Waals surface area contributed by atoms with Crippen molar-refractivity contribution in [3.8, 4) is 0 Å². The van der Waals surface area contributed by atoms with Crippen molar-refractivity contribution in [1.29, 1.82) is 0 Å². The maximum Gasteiger partial charge on any atom is 0.108 e. The van der Waals surface area contributed by atoms with Gasteiger partial charge >= 0.3 is 0 Å². The number of aromatic nitrogens is 2. The number of H-pyrrole nitrogens is 1. The maximum atomic E-state index is 10.4. The molecule has 3 nitrogen and oxygen atoms in total. The lowest BCUT2D eigenvalue weighted by atomic mass is 9.89. The SMILES string of the molecule is Cc1cc(C)c(C)c(C(O)c2cn[nH]c2)c1C. The van der Waals surface area contributed by atoms with Crippen LogP contribution in [0.15, 0.2) is 18.5 Å². The van der Waals surface area contributed by atoms with Crippen LogP contribution >= 0.6 is 0 Å². The molecule has 2 rings (SSSR count). The molecule has 1 unspecified atom stereocenters. The zero-order chi connectivity index (χ0) is 12.6. The van der Waals surface area contributed by atoms with Gasteiger partial charge in [0, 0.05) is 11.8 Å². The zero-order valence-corrected chi connectivity index (χ0v) is 10.7. The fourth-order valence-corrected chi connectivity index (χ4v) is 2.23. The molecule has 3 heteroatoms. The Morgan fingerprint density at radius 1 is 1.12 bits per heavy atom. The van der Waals surface area contributed by atoms with E-state index in [4.69, 9.17) is 0 Å². The first-order chi connectivity index (χ1) is 8.02. The second kappa shape index (κ2) is 4.34. The predicted octanol–water partition coefficient (Wildman–Crippen LogP) is 2.73. The molecule has 0 aliphatic rings. The van der Waals surface area contributed by atoms with Crippen molar-refractivity contribution < 1.29 is 5.11 Å². The Bertz CT molecular complexity index is 503. The highest BCUT2D eigenvalue weighted by Crippen LogP contribution is 2.30. The van der Waals surface area contributed by atoms with Crippen LogP contribution in [-0.4, -0.2) is 15.3 Å². The number of rotatable bonds is 2. The highest BCUT2D eigenvalue weighted by atomic mass is 16.3. The summed E-state index contributed by atoms with van der Waals surface area (Å²) in [5, 5.41) is 17.1. The van der Waals surface area contributed by atoms with Gasteiger partial charge in [0.05, 0.1) is 6.20 Å².